The van der Waals surface area contributed by atoms with Gasteiger partial charge in [-0.15, -0.1) is 0 Å². The van der Waals surface area contributed by atoms with Gasteiger partial charge in [-0.2, -0.15) is 0 Å². The van der Waals surface area contributed by atoms with E-state index in [2.05, 4.69) is 10.6 Å². The minimum Gasteiger partial charge on any atom is -0.388 e. The molecule has 1 saturated heterocycles. The lowest BCUT2D eigenvalue weighted by molar-refractivity contribution is 0.122. The molecule has 1 rings (SSSR count). The molecule has 76 valence electrons. The highest BCUT2D eigenvalue weighted by Gasteiger charge is 2.27. The Hall–Kier alpha value is -0.810. The summed E-state index contributed by atoms with van der Waals surface area (Å²) in [4.78, 5) is 11.1. The van der Waals surface area contributed by atoms with Crippen molar-refractivity contribution < 1.29 is 14.6 Å². The normalized spacial score (nSPS) is 27.2. The Morgan fingerprint density at radius 2 is 2.38 bits per heavy atom. The monoisotopic (exact) mass is 188 g/mol. The first-order valence-corrected chi connectivity index (χ1v) is 4.54. The highest BCUT2D eigenvalue weighted by Crippen LogP contribution is 2.04. The molecule has 1 heterocycles. The van der Waals surface area contributed by atoms with Crippen molar-refractivity contribution in [3.05, 3.63) is 0 Å². The first-order valence-electron chi connectivity index (χ1n) is 4.54. The van der Waals surface area contributed by atoms with Gasteiger partial charge in [0.25, 0.3) is 0 Å². The topological polar surface area (TPSA) is 70.6 Å². The lowest BCUT2D eigenvalue weighted by Gasteiger charge is -2.14. The molecule has 13 heavy (non-hydrogen) atoms. The van der Waals surface area contributed by atoms with E-state index in [9.17, 15) is 9.90 Å². The molecule has 2 amide bonds. The Labute approximate surface area is 77.5 Å². The van der Waals surface area contributed by atoms with E-state index >= 15 is 0 Å². The smallest absolute Gasteiger partial charge is 0.315 e. The molecule has 0 aromatic carbocycles. The van der Waals surface area contributed by atoms with Crippen molar-refractivity contribution in [2.24, 2.45) is 0 Å². The number of aliphatic hydroxyl groups excluding tert-OH is 1. The second-order valence-electron chi connectivity index (χ2n) is 3.11. The highest BCUT2D eigenvalue weighted by molar-refractivity contribution is 5.74. The van der Waals surface area contributed by atoms with Gasteiger partial charge in [0, 0.05) is 6.54 Å². The Morgan fingerprint density at radius 3 is 2.92 bits per heavy atom. The molecule has 5 nitrogen and oxygen atoms in total. The number of nitrogens with one attached hydrogen (secondary N) is 2. The second kappa shape index (κ2) is 5.04. The first kappa shape index (κ1) is 10.3. The Morgan fingerprint density at radius 1 is 1.62 bits per heavy atom. The van der Waals surface area contributed by atoms with Gasteiger partial charge in [-0.25, -0.2) is 4.79 Å². The third kappa shape index (κ3) is 3.20. The summed E-state index contributed by atoms with van der Waals surface area (Å²) in [5, 5.41) is 14.6. The third-order valence-corrected chi connectivity index (χ3v) is 1.90. The maximum absolute atomic E-state index is 11.1. The molecule has 3 N–H and O–H groups in total. The number of rotatable bonds is 3. The van der Waals surface area contributed by atoms with Crippen LogP contribution in [0.25, 0.3) is 0 Å². The maximum atomic E-state index is 11.1. The van der Waals surface area contributed by atoms with Crippen LogP contribution in [-0.4, -0.2) is 43.0 Å². The van der Waals surface area contributed by atoms with E-state index in [-0.39, 0.29) is 12.1 Å². The summed E-state index contributed by atoms with van der Waals surface area (Å²) >= 11 is 0. The lowest BCUT2D eigenvalue weighted by atomic mass is 10.2. The fourth-order valence-corrected chi connectivity index (χ4v) is 1.14. The summed E-state index contributed by atoms with van der Waals surface area (Å²) in [7, 11) is 0. The summed E-state index contributed by atoms with van der Waals surface area (Å²) in [6.07, 6.45) is 0.323. The van der Waals surface area contributed by atoms with Crippen LogP contribution in [0.2, 0.25) is 0 Å². The number of carbonyl (C=O) groups is 1. The number of urea groups is 1. The maximum Gasteiger partial charge on any atom is 0.315 e. The summed E-state index contributed by atoms with van der Waals surface area (Å²) in [6.45, 7) is 3.32. The van der Waals surface area contributed by atoms with Crippen LogP contribution in [0, 0.1) is 0 Å². The molecule has 0 bridgehead atoms. The molecular weight excluding hydrogens is 172 g/mol. The van der Waals surface area contributed by atoms with Crippen LogP contribution in [0.5, 0.6) is 0 Å². The van der Waals surface area contributed by atoms with Crippen molar-refractivity contribution in [1.82, 2.24) is 10.6 Å². The van der Waals surface area contributed by atoms with E-state index in [0.29, 0.717) is 19.8 Å². The average molecular weight is 188 g/mol. The Balaban J connectivity index is 2.19. The van der Waals surface area contributed by atoms with E-state index in [0.717, 1.165) is 6.42 Å². The number of aliphatic hydroxyl groups is 1. The molecule has 1 aliphatic rings. The van der Waals surface area contributed by atoms with Gasteiger partial charge in [-0.05, 0) is 6.42 Å². The molecule has 0 saturated carbocycles. The largest absolute Gasteiger partial charge is 0.388 e. The van der Waals surface area contributed by atoms with Gasteiger partial charge in [0.1, 0.15) is 0 Å². The molecule has 0 aromatic rings. The fourth-order valence-electron chi connectivity index (χ4n) is 1.14. The van der Waals surface area contributed by atoms with Crippen molar-refractivity contribution in [2.45, 2.75) is 25.5 Å². The summed E-state index contributed by atoms with van der Waals surface area (Å²) in [5.74, 6) is 0. The molecule has 0 spiro atoms. The number of amides is 2. The zero-order valence-corrected chi connectivity index (χ0v) is 7.75. The van der Waals surface area contributed by atoms with Gasteiger partial charge in [-0.3, -0.25) is 0 Å². The van der Waals surface area contributed by atoms with Crippen LogP contribution in [0.3, 0.4) is 0 Å². The van der Waals surface area contributed by atoms with Gasteiger partial charge in [0.15, 0.2) is 0 Å². The predicted octanol–water partition coefficient (Wildman–Crippen LogP) is -0.545. The van der Waals surface area contributed by atoms with Gasteiger partial charge < -0.3 is 20.5 Å². The van der Waals surface area contributed by atoms with Crippen molar-refractivity contribution >= 4 is 6.03 Å². The molecular formula is C8H16N2O3. The van der Waals surface area contributed by atoms with Gasteiger partial charge in [0.05, 0.1) is 25.4 Å². The number of ether oxygens (including phenoxy) is 1. The van der Waals surface area contributed by atoms with Crippen molar-refractivity contribution in [1.29, 1.82) is 0 Å². The highest BCUT2D eigenvalue weighted by atomic mass is 16.5. The van der Waals surface area contributed by atoms with Crippen LogP contribution < -0.4 is 10.6 Å². The summed E-state index contributed by atoms with van der Waals surface area (Å²) in [5.41, 5.74) is 0. The second-order valence-corrected chi connectivity index (χ2v) is 3.11. The third-order valence-electron chi connectivity index (χ3n) is 1.90. The molecule has 0 aromatic heterocycles. The average Bonchev–Trinajstić information content (AvgIpc) is 2.48. The van der Waals surface area contributed by atoms with E-state index in [1.165, 1.54) is 0 Å². The zero-order chi connectivity index (χ0) is 9.68. The van der Waals surface area contributed by atoms with E-state index < -0.39 is 6.10 Å². The predicted molar refractivity (Wildman–Crippen MR) is 47.4 cm³/mol. The van der Waals surface area contributed by atoms with Gasteiger partial charge in [-0.1, -0.05) is 6.92 Å². The molecule has 5 heteroatoms. The quantitative estimate of drug-likeness (QED) is 0.557. The molecule has 1 aliphatic heterocycles. The van der Waals surface area contributed by atoms with Crippen LogP contribution in [0.4, 0.5) is 4.79 Å². The molecule has 0 unspecified atom stereocenters. The first-order chi connectivity index (χ1) is 6.24. The van der Waals surface area contributed by atoms with Crippen LogP contribution >= 0.6 is 0 Å². The van der Waals surface area contributed by atoms with Crippen LogP contribution in [-0.2, 0) is 4.74 Å². The SMILES string of the molecule is CCCNC(=O)N[C@@H]1COC[C@H]1O. The van der Waals surface area contributed by atoms with Crippen molar-refractivity contribution in [3.63, 3.8) is 0 Å². The Kier molecular flexibility index (Phi) is 3.98. The number of carbonyl (C=O) groups excluding carboxylic acids is 1. The molecule has 2 atom stereocenters. The van der Waals surface area contributed by atoms with Crippen LogP contribution in [0.1, 0.15) is 13.3 Å². The number of hydrogen-bond acceptors (Lipinski definition) is 3. The molecule has 0 aliphatic carbocycles. The van der Waals surface area contributed by atoms with E-state index in [1.807, 2.05) is 6.92 Å². The zero-order valence-electron chi connectivity index (χ0n) is 7.75. The lowest BCUT2D eigenvalue weighted by Crippen LogP contribution is -2.47. The van der Waals surface area contributed by atoms with Crippen molar-refractivity contribution in [3.8, 4) is 0 Å². The molecule has 1 fully saturated rings. The van der Waals surface area contributed by atoms with E-state index in [1.54, 1.807) is 0 Å². The number of hydrogen-bond donors (Lipinski definition) is 3. The fraction of sp³-hybridized carbons (Fsp3) is 0.875. The minimum absolute atomic E-state index is 0.239. The van der Waals surface area contributed by atoms with Crippen LogP contribution in [0.15, 0.2) is 0 Å². The van der Waals surface area contributed by atoms with Gasteiger partial charge in [0.2, 0.25) is 0 Å². The Bertz CT molecular complexity index is 175. The standard InChI is InChI=1S/C8H16N2O3/c1-2-3-9-8(12)10-6-4-13-5-7(6)11/h6-7,11H,2-5H2,1H3,(H2,9,10,12)/t6-,7-/m1/s1. The van der Waals surface area contributed by atoms with E-state index in [4.69, 9.17) is 4.74 Å². The minimum atomic E-state index is -0.577. The van der Waals surface area contributed by atoms with Crippen molar-refractivity contribution in [2.75, 3.05) is 19.8 Å². The van der Waals surface area contributed by atoms with Gasteiger partial charge >= 0.3 is 6.03 Å². The summed E-state index contributed by atoms with van der Waals surface area (Å²) in [6, 6.07) is -0.506. The summed E-state index contributed by atoms with van der Waals surface area (Å²) < 4.78 is 4.98. The molecule has 0 radical (unpaired) electrons.